The third kappa shape index (κ3) is 2.75. The van der Waals surface area contributed by atoms with E-state index in [1.165, 1.54) is 0 Å². The van der Waals surface area contributed by atoms with E-state index in [2.05, 4.69) is 14.6 Å². The fourth-order valence-electron chi connectivity index (χ4n) is 4.56. The molecule has 0 amide bonds. The molecule has 0 spiro atoms. The molecule has 2 N–H and O–H groups in total. The second-order valence-corrected chi connectivity index (χ2v) is 10.2. The van der Waals surface area contributed by atoms with E-state index in [4.69, 9.17) is 26.6 Å². The Morgan fingerprint density at radius 2 is 2.10 bits per heavy atom. The molecular formula is C20H21ClN6O2S. The summed E-state index contributed by atoms with van der Waals surface area (Å²) in [6.07, 6.45) is 5.47. The van der Waals surface area contributed by atoms with Crippen LogP contribution in [0.25, 0.3) is 5.65 Å². The SMILES string of the molecule is O=[S@@]1CCc2nc(N3Cc4nc5cc(Cl)ccn5c4C3)nc(NC3(CO)CCC3)c21. The first kappa shape index (κ1) is 18.5. The molecular weight excluding hydrogens is 424 g/mol. The highest BCUT2D eigenvalue weighted by Gasteiger charge is 2.39. The standard InChI is InChI=1S/C20H21ClN6O2S/c21-12-2-6-27-15-10-26(9-14(15)22-16(27)8-12)19-23-13-3-7-30(29)17(13)18(24-19)25-20(11-28)4-1-5-20/h2,6,8,28H,1,3-5,7,9-11H2,(H,23,24,25)/t30-/m1/s1. The Bertz CT molecular complexity index is 1200. The van der Waals surface area contributed by atoms with Crippen molar-refractivity contribution in [3.8, 4) is 0 Å². The smallest absolute Gasteiger partial charge is 0.228 e. The molecule has 0 unspecified atom stereocenters. The summed E-state index contributed by atoms with van der Waals surface area (Å²) in [5.41, 5.74) is 3.42. The number of rotatable bonds is 4. The van der Waals surface area contributed by atoms with Crippen molar-refractivity contribution >= 4 is 39.8 Å². The lowest BCUT2D eigenvalue weighted by Crippen LogP contribution is -2.48. The number of nitrogens with one attached hydrogen (secondary N) is 1. The fourth-order valence-corrected chi connectivity index (χ4v) is 6.02. The number of imidazole rings is 1. The number of aromatic nitrogens is 4. The van der Waals surface area contributed by atoms with Crippen molar-refractivity contribution in [1.29, 1.82) is 0 Å². The van der Waals surface area contributed by atoms with Crippen LogP contribution >= 0.6 is 11.6 Å². The summed E-state index contributed by atoms with van der Waals surface area (Å²) >= 11 is 6.10. The molecule has 3 aromatic rings. The molecule has 1 atom stereocenters. The molecule has 3 aliphatic rings. The summed E-state index contributed by atoms with van der Waals surface area (Å²) in [5.74, 6) is 1.80. The van der Waals surface area contributed by atoms with E-state index in [1.54, 1.807) is 0 Å². The minimum absolute atomic E-state index is 0.0438. The van der Waals surface area contributed by atoms with E-state index in [0.29, 0.717) is 46.9 Å². The molecule has 5 heterocycles. The van der Waals surface area contributed by atoms with E-state index in [9.17, 15) is 9.32 Å². The number of aliphatic hydroxyl groups excluding tert-OH is 1. The van der Waals surface area contributed by atoms with Gasteiger partial charge in [0, 0.05) is 29.5 Å². The number of halogens is 1. The van der Waals surface area contributed by atoms with Crippen molar-refractivity contribution in [3.05, 3.63) is 40.4 Å². The normalized spacial score (nSPS) is 21.5. The molecule has 30 heavy (non-hydrogen) atoms. The van der Waals surface area contributed by atoms with Gasteiger partial charge in [0.05, 0.1) is 53.1 Å². The van der Waals surface area contributed by atoms with Gasteiger partial charge in [0.25, 0.3) is 0 Å². The van der Waals surface area contributed by atoms with Crippen LogP contribution in [-0.4, -0.2) is 46.6 Å². The third-order valence-corrected chi connectivity index (χ3v) is 8.10. The van der Waals surface area contributed by atoms with Crippen molar-refractivity contribution in [2.75, 3.05) is 22.6 Å². The molecule has 2 aliphatic heterocycles. The van der Waals surface area contributed by atoms with Crippen LogP contribution in [0.5, 0.6) is 0 Å². The average molecular weight is 445 g/mol. The topological polar surface area (TPSA) is 95.7 Å². The Morgan fingerprint density at radius 1 is 1.23 bits per heavy atom. The van der Waals surface area contributed by atoms with Crippen molar-refractivity contribution in [2.24, 2.45) is 0 Å². The van der Waals surface area contributed by atoms with Crippen molar-refractivity contribution in [1.82, 2.24) is 19.4 Å². The van der Waals surface area contributed by atoms with E-state index >= 15 is 0 Å². The van der Waals surface area contributed by atoms with E-state index < -0.39 is 10.8 Å². The molecule has 10 heteroatoms. The van der Waals surface area contributed by atoms with Crippen LogP contribution < -0.4 is 10.2 Å². The number of nitrogens with zero attached hydrogens (tertiary/aromatic N) is 5. The maximum Gasteiger partial charge on any atom is 0.228 e. The number of fused-ring (bicyclic) bond motifs is 4. The van der Waals surface area contributed by atoms with Crippen LogP contribution in [0.15, 0.2) is 23.2 Å². The van der Waals surface area contributed by atoms with Gasteiger partial charge in [0.15, 0.2) is 0 Å². The number of aliphatic hydroxyl groups is 1. The lowest BCUT2D eigenvalue weighted by molar-refractivity contribution is 0.143. The summed E-state index contributed by atoms with van der Waals surface area (Å²) < 4.78 is 14.7. The summed E-state index contributed by atoms with van der Waals surface area (Å²) in [6.45, 7) is 1.30. The van der Waals surface area contributed by atoms with Crippen molar-refractivity contribution < 1.29 is 9.32 Å². The molecule has 0 bridgehead atoms. The molecule has 1 saturated carbocycles. The number of hydrogen-bond acceptors (Lipinski definition) is 7. The third-order valence-electron chi connectivity index (χ3n) is 6.41. The Balaban J connectivity index is 1.37. The van der Waals surface area contributed by atoms with Gasteiger partial charge in [0.1, 0.15) is 16.4 Å². The van der Waals surface area contributed by atoms with E-state index in [-0.39, 0.29) is 12.1 Å². The van der Waals surface area contributed by atoms with Gasteiger partial charge >= 0.3 is 0 Å². The Kier molecular flexibility index (Phi) is 4.10. The molecule has 156 valence electrons. The molecule has 1 aliphatic carbocycles. The summed E-state index contributed by atoms with van der Waals surface area (Å²) in [7, 11) is -1.10. The zero-order valence-corrected chi connectivity index (χ0v) is 17.8. The second kappa shape index (κ2) is 6.63. The lowest BCUT2D eigenvalue weighted by Gasteiger charge is -2.41. The predicted octanol–water partition coefficient (Wildman–Crippen LogP) is 2.29. The van der Waals surface area contributed by atoms with Gasteiger partial charge < -0.3 is 19.7 Å². The fraction of sp³-hybridized carbons (Fsp3) is 0.450. The van der Waals surface area contributed by atoms with Crippen LogP contribution in [0.4, 0.5) is 11.8 Å². The Labute approximate surface area is 180 Å². The molecule has 8 nitrogen and oxygen atoms in total. The van der Waals surface area contributed by atoms with E-state index in [1.807, 2.05) is 18.3 Å². The first-order chi connectivity index (χ1) is 14.5. The summed E-state index contributed by atoms with van der Waals surface area (Å²) in [5, 5.41) is 14.0. The van der Waals surface area contributed by atoms with E-state index in [0.717, 1.165) is 42.0 Å². The molecule has 3 aromatic heterocycles. The van der Waals surface area contributed by atoms with Gasteiger partial charge in [-0.3, -0.25) is 4.21 Å². The van der Waals surface area contributed by atoms with Crippen LogP contribution in [0, 0.1) is 0 Å². The number of pyridine rings is 1. The Morgan fingerprint density at radius 3 is 2.87 bits per heavy atom. The lowest BCUT2D eigenvalue weighted by atomic mass is 9.77. The summed E-state index contributed by atoms with van der Waals surface area (Å²) in [6, 6.07) is 3.72. The van der Waals surface area contributed by atoms with Crippen molar-refractivity contribution in [3.63, 3.8) is 0 Å². The van der Waals surface area contributed by atoms with Crippen molar-refractivity contribution in [2.45, 2.75) is 49.2 Å². The minimum Gasteiger partial charge on any atom is -0.394 e. The minimum atomic E-state index is -1.10. The zero-order chi connectivity index (χ0) is 20.5. The van der Waals surface area contributed by atoms with Gasteiger partial charge in [-0.1, -0.05) is 11.6 Å². The van der Waals surface area contributed by atoms with Crippen LogP contribution in [0.2, 0.25) is 5.02 Å². The van der Waals surface area contributed by atoms with Gasteiger partial charge in [-0.25, -0.2) is 9.97 Å². The first-order valence-corrected chi connectivity index (χ1v) is 11.8. The van der Waals surface area contributed by atoms with Crippen LogP contribution in [0.3, 0.4) is 0 Å². The monoisotopic (exact) mass is 444 g/mol. The highest BCUT2D eigenvalue weighted by molar-refractivity contribution is 7.85. The van der Waals surface area contributed by atoms with Gasteiger partial charge in [-0.05, 0) is 25.3 Å². The maximum atomic E-state index is 12.6. The number of aryl methyl sites for hydroxylation is 1. The summed E-state index contributed by atoms with van der Waals surface area (Å²) in [4.78, 5) is 17.1. The quantitative estimate of drug-likeness (QED) is 0.637. The number of hydrogen-bond donors (Lipinski definition) is 2. The predicted molar refractivity (Wildman–Crippen MR) is 114 cm³/mol. The number of anilines is 2. The Hall–Kier alpha value is -2.23. The van der Waals surface area contributed by atoms with Crippen LogP contribution in [-0.2, 0) is 30.3 Å². The maximum absolute atomic E-state index is 12.6. The zero-order valence-electron chi connectivity index (χ0n) is 16.3. The largest absolute Gasteiger partial charge is 0.394 e. The molecule has 0 aromatic carbocycles. The van der Waals surface area contributed by atoms with Gasteiger partial charge in [-0.15, -0.1) is 0 Å². The first-order valence-electron chi connectivity index (χ1n) is 10.1. The van der Waals surface area contributed by atoms with Gasteiger partial charge in [0.2, 0.25) is 5.95 Å². The molecule has 0 radical (unpaired) electrons. The molecule has 6 rings (SSSR count). The highest BCUT2D eigenvalue weighted by Crippen LogP contribution is 2.39. The van der Waals surface area contributed by atoms with Gasteiger partial charge in [-0.2, -0.15) is 4.98 Å². The molecule has 0 saturated heterocycles. The molecule has 1 fully saturated rings. The second-order valence-electron chi connectivity index (χ2n) is 8.30. The average Bonchev–Trinajstić information content (AvgIpc) is 3.37. The highest BCUT2D eigenvalue weighted by atomic mass is 35.5. The van der Waals surface area contributed by atoms with Crippen LogP contribution in [0.1, 0.15) is 36.3 Å².